The standard InChI is InChI=1S/C34H34Cl3FN6O3/c1-8-23(45)43-17(5)13-42(14-18(43)6)31-20-11-22(35)29(24-19(7)25(36)27(38)26(37)32(24)46)41-33(20)44(34(47)21(31)12-39)30-16(4)9-10-40-28(30)15(2)3/h8-11,15,17-18,34,46-47H,1,13-14H2,2-7H3/t17-,18+,34?. The Labute approximate surface area is 288 Å². The number of aliphatic hydroxyl groups is 1. The number of piperazine rings is 1. The molecule has 9 nitrogen and oxygen atoms in total. The second kappa shape index (κ2) is 13.0. The molecule has 1 amide bonds. The minimum absolute atomic E-state index is 0.0195. The van der Waals surface area contributed by atoms with Crippen LogP contribution in [0.15, 0.2) is 36.6 Å². The molecule has 2 N–H and O–H groups in total. The zero-order valence-electron chi connectivity index (χ0n) is 26.7. The first-order valence-electron chi connectivity index (χ1n) is 15.0. The van der Waals surface area contributed by atoms with Crippen molar-refractivity contribution in [3.63, 3.8) is 0 Å². The SMILES string of the molecule is C=CC(=O)N1[C@H](C)CN(C2=C(C#N)C(O)N(c3c(C)ccnc3C(C)C)c3nc(-c4c(C)c(Cl)c(F)c(Cl)c4O)c(Cl)cc32)C[C@@H]1C. The summed E-state index contributed by atoms with van der Waals surface area (Å²) in [7, 11) is 0. The fourth-order valence-electron chi connectivity index (χ4n) is 6.61. The second-order valence-corrected chi connectivity index (χ2v) is 13.3. The lowest BCUT2D eigenvalue weighted by Crippen LogP contribution is -2.58. The Balaban J connectivity index is 1.84. The van der Waals surface area contributed by atoms with Crippen LogP contribution in [-0.2, 0) is 4.79 Å². The molecule has 1 fully saturated rings. The van der Waals surface area contributed by atoms with Gasteiger partial charge in [0.05, 0.1) is 32.8 Å². The first kappa shape index (κ1) is 34.5. The van der Waals surface area contributed by atoms with Crippen molar-refractivity contribution < 1.29 is 19.4 Å². The van der Waals surface area contributed by atoms with Gasteiger partial charge in [-0.1, -0.05) is 55.2 Å². The van der Waals surface area contributed by atoms with E-state index in [1.807, 2.05) is 39.5 Å². The Bertz CT molecular complexity index is 1850. The van der Waals surface area contributed by atoms with Crippen LogP contribution in [-0.4, -0.2) is 67.3 Å². The summed E-state index contributed by atoms with van der Waals surface area (Å²) in [5.41, 5.74) is 3.06. The van der Waals surface area contributed by atoms with E-state index in [0.29, 0.717) is 35.7 Å². The van der Waals surface area contributed by atoms with Crippen LogP contribution in [0.4, 0.5) is 15.9 Å². The number of carbonyl (C=O) groups excluding carboxylic acids is 1. The Kier molecular flexibility index (Phi) is 9.50. The lowest BCUT2D eigenvalue weighted by Gasteiger charge is -2.48. The minimum atomic E-state index is -1.52. The van der Waals surface area contributed by atoms with Gasteiger partial charge in [0.15, 0.2) is 12.0 Å². The van der Waals surface area contributed by atoms with Crippen molar-refractivity contribution in [2.75, 3.05) is 18.0 Å². The summed E-state index contributed by atoms with van der Waals surface area (Å²) in [6.07, 6.45) is 1.44. The molecule has 47 heavy (non-hydrogen) atoms. The number of aryl methyl sites for hydroxylation is 1. The number of aliphatic hydroxyl groups excluding tert-OH is 1. The predicted molar refractivity (Wildman–Crippen MR) is 182 cm³/mol. The molecule has 0 spiro atoms. The van der Waals surface area contributed by atoms with E-state index >= 15 is 0 Å². The van der Waals surface area contributed by atoms with E-state index in [0.717, 1.165) is 5.56 Å². The number of benzene rings is 1. The van der Waals surface area contributed by atoms with Gasteiger partial charge in [-0.3, -0.25) is 14.7 Å². The summed E-state index contributed by atoms with van der Waals surface area (Å²) in [5, 5.41) is 33.0. The van der Waals surface area contributed by atoms with Gasteiger partial charge in [-0.05, 0) is 62.9 Å². The monoisotopic (exact) mass is 698 g/mol. The highest BCUT2D eigenvalue weighted by Crippen LogP contribution is 2.50. The number of carbonyl (C=O) groups is 1. The predicted octanol–water partition coefficient (Wildman–Crippen LogP) is 7.50. The number of hydrogen-bond donors (Lipinski definition) is 2. The summed E-state index contributed by atoms with van der Waals surface area (Å²) in [5.74, 6) is -1.65. The fourth-order valence-corrected chi connectivity index (χ4v) is 7.28. The van der Waals surface area contributed by atoms with Crippen molar-refractivity contribution in [3.8, 4) is 23.1 Å². The maximum absolute atomic E-state index is 14.7. The zero-order valence-corrected chi connectivity index (χ0v) is 29.0. The molecule has 0 bridgehead atoms. The number of aromatic hydroxyl groups is 1. The van der Waals surface area contributed by atoms with E-state index in [-0.39, 0.29) is 62.2 Å². The van der Waals surface area contributed by atoms with Crippen molar-refractivity contribution in [3.05, 3.63) is 79.8 Å². The van der Waals surface area contributed by atoms with Gasteiger partial charge in [-0.15, -0.1) is 0 Å². The fraction of sp³-hybridized carbons (Fsp3) is 0.353. The van der Waals surface area contributed by atoms with Gasteiger partial charge < -0.3 is 20.0 Å². The Morgan fingerprint density at radius 1 is 1.19 bits per heavy atom. The number of nitriles is 1. The maximum atomic E-state index is 14.7. The Morgan fingerprint density at radius 3 is 2.40 bits per heavy atom. The molecule has 5 rings (SSSR count). The Hall–Kier alpha value is -3.88. The number of hydrogen-bond acceptors (Lipinski definition) is 8. The molecule has 4 heterocycles. The second-order valence-electron chi connectivity index (χ2n) is 12.2. The number of nitrogens with zero attached hydrogens (tertiary/aromatic N) is 6. The van der Waals surface area contributed by atoms with Gasteiger partial charge in [0.1, 0.15) is 28.2 Å². The number of rotatable bonds is 5. The molecule has 1 saturated heterocycles. The molecule has 1 unspecified atom stereocenters. The van der Waals surface area contributed by atoms with E-state index in [2.05, 4.69) is 17.6 Å². The molecule has 2 aliphatic rings. The number of anilines is 2. The third kappa shape index (κ3) is 5.59. The van der Waals surface area contributed by atoms with Crippen LogP contribution < -0.4 is 4.90 Å². The quantitative estimate of drug-likeness (QED) is 0.208. The maximum Gasteiger partial charge on any atom is 0.246 e. The molecule has 0 aliphatic carbocycles. The number of aromatic nitrogens is 2. The first-order chi connectivity index (χ1) is 22.2. The van der Waals surface area contributed by atoms with Gasteiger partial charge in [0.2, 0.25) is 5.91 Å². The van der Waals surface area contributed by atoms with Gasteiger partial charge >= 0.3 is 0 Å². The van der Waals surface area contributed by atoms with Crippen molar-refractivity contribution in [2.24, 2.45) is 0 Å². The highest BCUT2D eigenvalue weighted by molar-refractivity contribution is 6.38. The van der Waals surface area contributed by atoms with E-state index in [1.54, 1.807) is 28.1 Å². The van der Waals surface area contributed by atoms with Crippen LogP contribution in [0, 0.1) is 31.0 Å². The van der Waals surface area contributed by atoms with Crippen molar-refractivity contribution in [2.45, 2.75) is 65.8 Å². The van der Waals surface area contributed by atoms with Crippen LogP contribution in [0.25, 0.3) is 17.0 Å². The number of amides is 1. The van der Waals surface area contributed by atoms with E-state index in [9.17, 15) is 24.7 Å². The topological polar surface area (TPSA) is 117 Å². The summed E-state index contributed by atoms with van der Waals surface area (Å²) in [6.45, 7) is 15.4. The smallest absolute Gasteiger partial charge is 0.246 e. The average molecular weight is 700 g/mol. The Morgan fingerprint density at radius 2 is 1.83 bits per heavy atom. The highest BCUT2D eigenvalue weighted by Gasteiger charge is 2.42. The summed E-state index contributed by atoms with van der Waals surface area (Å²) in [4.78, 5) is 27.5. The van der Waals surface area contributed by atoms with Crippen LogP contribution in [0.2, 0.25) is 15.1 Å². The van der Waals surface area contributed by atoms with Gasteiger partial charge in [0, 0.05) is 42.5 Å². The van der Waals surface area contributed by atoms with Crippen LogP contribution in [0.3, 0.4) is 0 Å². The first-order valence-corrected chi connectivity index (χ1v) is 16.1. The average Bonchev–Trinajstić information content (AvgIpc) is 3.02. The molecule has 13 heteroatoms. The normalized spacial score (nSPS) is 19.6. The molecule has 2 aliphatic heterocycles. The molecule has 1 aromatic carbocycles. The van der Waals surface area contributed by atoms with Gasteiger partial charge in [-0.25, -0.2) is 9.37 Å². The molecule has 3 atom stereocenters. The third-order valence-electron chi connectivity index (χ3n) is 8.70. The molecular formula is C34H34Cl3FN6O3. The van der Waals surface area contributed by atoms with Gasteiger partial charge in [-0.2, -0.15) is 5.26 Å². The van der Waals surface area contributed by atoms with E-state index < -0.39 is 22.8 Å². The van der Waals surface area contributed by atoms with E-state index in [4.69, 9.17) is 39.8 Å². The molecule has 2 aromatic heterocycles. The highest BCUT2D eigenvalue weighted by atomic mass is 35.5. The number of fused-ring (bicyclic) bond motifs is 1. The summed E-state index contributed by atoms with van der Waals surface area (Å²) >= 11 is 19.3. The molecular weight excluding hydrogens is 666 g/mol. The molecule has 3 aromatic rings. The summed E-state index contributed by atoms with van der Waals surface area (Å²) < 4.78 is 14.7. The van der Waals surface area contributed by atoms with Gasteiger partial charge in [0.25, 0.3) is 0 Å². The lowest BCUT2D eigenvalue weighted by molar-refractivity contribution is -0.132. The minimum Gasteiger partial charge on any atom is -0.506 e. The zero-order chi connectivity index (χ0) is 34.6. The van der Waals surface area contributed by atoms with Crippen molar-refractivity contribution in [1.82, 2.24) is 19.8 Å². The largest absolute Gasteiger partial charge is 0.506 e. The summed E-state index contributed by atoms with van der Waals surface area (Å²) in [6, 6.07) is 5.09. The third-order valence-corrected chi connectivity index (χ3v) is 9.78. The van der Waals surface area contributed by atoms with Crippen LogP contribution >= 0.6 is 34.8 Å². The van der Waals surface area contributed by atoms with E-state index in [1.165, 1.54) is 13.0 Å². The van der Waals surface area contributed by atoms with Crippen LogP contribution in [0.1, 0.15) is 56.0 Å². The lowest BCUT2D eigenvalue weighted by atomic mass is 9.93. The number of phenols is 1. The number of halogens is 4. The molecule has 0 radical (unpaired) electrons. The number of phenolic OH excluding ortho intramolecular Hbond substituents is 1. The van der Waals surface area contributed by atoms with Crippen molar-refractivity contribution >= 4 is 57.9 Å². The van der Waals surface area contributed by atoms with Crippen molar-refractivity contribution in [1.29, 1.82) is 5.26 Å². The molecule has 0 saturated carbocycles. The van der Waals surface area contributed by atoms with Crippen LogP contribution in [0.5, 0.6) is 5.75 Å². The molecule has 246 valence electrons. The number of pyridine rings is 2.